The molecule has 0 aliphatic carbocycles. The van der Waals surface area contributed by atoms with Crippen molar-refractivity contribution >= 4 is 18.5 Å². The topological polar surface area (TPSA) is 30.5 Å². The van der Waals surface area contributed by atoms with Gasteiger partial charge in [-0.1, -0.05) is 12.8 Å². The largest absolute Gasteiger partial charge is 0.493 e. The van der Waals surface area contributed by atoms with Crippen molar-refractivity contribution in [3.05, 3.63) is 18.2 Å². The monoisotopic (exact) mass is 185 g/mol. The van der Waals surface area contributed by atoms with E-state index in [0.29, 0.717) is 11.5 Å². The molecule has 0 aliphatic rings. The summed E-state index contributed by atoms with van der Waals surface area (Å²) in [5, 5.41) is 0. The van der Waals surface area contributed by atoms with Crippen molar-refractivity contribution < 1.29 is 9.47 Å². The van der Waals surface area contributed by atoms with Gasteiger partial charge in [-0.25, -0.2) is 0 Å². The molecular formula is C8H11NO2S. The summed E-state index contributed by atoms with van der Waals surface area (Å²) in [6.45, 7) is 0. The van der Waals surface area contributed by atoms with E-state index in [2.05, 4.69) is 17.5 Å². The van der Waals surface area contributed by atoms with Gasteiger partial charge in [0.25, 0.3) is 0 Å². The van der Waals surface area contributed by atoms with E-state index in [1.807, 2.05) is 18.2 Å². The van der Waals surface area contributed by atoms with Crippen molar-refractivity contribution in [2.45, 2.75) is 0 Å². The summed E-state index contributed by atoms with van der Waals surface area (Å²) >= 11 is 3.91. The van der Waals surface area contributed by atoms with Crippen LogP contribution in [0.1, 0.15) is 0 Å². The standard InChI is InChI=1S/C8H11NO2S/c1-10-7-4-3-6(9-12)5-8(7)11-2/h3-5,9,12H,1-2H3. The fourth-order valence-corrected chi connectivity index (χ4v) is 1.04. The van der Waals surface area contributed by atoms with E-state index in [4.69, 9.17) is 9.47 Å². The summed E-state index contributed by atoms with van der Waals surface area (Å²) in [6.07, 6.45) is 0. The Hall–Kier alpha value is -1.03. The number of anilines is 1. The highest BCUT2D eigenvalue weighted by Gasteiger charge is 2.02. The summed E-state index contributed by atoms with van der Waals surface area (Å²) in [7, 11) is 3.20. The number of rotatable bonds is 3. The van der Waals surface area contributed by atoms with Crippen LogP contribution in [0, 0.1) is 0 Å². The lowest BCUT2D eigenvalue weighted by atomic mass is 10.3. The molecule has 4 heteroatoms. The second-order valence-electron chi connectivity index (χ2n) is 2.18. The Balaban J connectivity index is 3.02. The van der Waals surface area contributed by atoms with Crippen LogP contribution in [-0.2, 0) is 0 Å². The van der Waals surface area contributed by atoms with E-state index in [0.717, 1.165) is 5.69 Å². The van der Waals surface area contributed by atoms with Gasteiger partial charge in [-0.05, 0) is 12.1 Å². The molecule has 0 saturated carbocycles. The zero-order valence-corrected chi connectivity index (χ0v) is 7.89. The molecule has 1 aromatic rings. The summed E-state index contributed by atoms with van der Waals surface area (Å²) in [5.41, 5.74) is 0.871. The molecule has 0 heterocycles. The maximum absolute atomic E-state index is 5.08. The average Bonchev–Trinajstić information content (AvgIpc) is 2.16. The van der Waals surface area contributed by atoms with Crippen LogP contribution in [0.15, 0.2) is 18.2 Å². The van der Waals surface area contributed by atoms with Gasteiger partial charge in [0.2, 0.25) is 0 Å². The van der Waals surface area contributed by atoms with Gasteiger partial charge in [0.05, 0.1) is 14.2 Å². The predicted molar refractivity (Wildman–Crippen MR) is 52.2 cm³/mol. The van der Waals surface area contributed by atoms with E-state index in [1.165, 1.54) is 0 Å². The Morgan fingerprint density at radius 1 is 1.17 bits per heavy atom. The highest BCUT2D eigenvalue weighted by molar-refractivity contribution is 7.81. The number of nitrogens with one attached hydrogen (secondary N) is 1. The van der Waals surface area contributed by atoms with Crippen molar-refractivity contribution in [2.75, 3.05) is 18.9 Å². The third-order valence-electron chi connectivity index (χ3n) is 1.51. The molecule has 0 unspecified atom stereocenters. The summed E-state index contributed by atoms with van der Waals surface area (Å²) in [4.78, 5) is 0. The lowest BCUT2D eigenvalue weighted by Gasteiger charge is -2.08. The average molecular weight is 185 g/mol. The van der Waals surface area contributed by atoms with E-state index in [9.17, 15) is 0 Å². The third-order valence-corrected chi connectivity index (χ3v) is 1.77. The van der Waals surface area contributed by atoms with E-state index >= 15 is 0 Å². The minimum atomic E-state index is 0.691. The molecule has 0 saturated heterocycles. The molecule has 0 fully saturated rings. The first-order chi connectivity index (χ1) is 5.81. The van der Waals surface area contributed by atoms with Crippen LogP contribution in [-0.4, -0.2) is 14.2 Å². The Morgan fingerprint density at radius 2 is 1.83 bits per heavy atom. The van der Waals surface area contributed by atoms with Gasteiger partial charge in [0.15, 0.2) is 11.5 Å². The third kappa shape index (κ3) is 1.76. The van der Waals surface area contributed by atoms with Crippen LogP contribution >= 0.6 is 12.8 Å². The van der Waals surface area contributed by atoms with Crippen LogP contribution in [0.4, 0.5) is 5.69 Å². The molecule has 1 rings (SSSR count). The van der Waals surface area contributed by atoms with Crippen LogP contribution in [0.2, 0.25) is 0 Å². The molecule has 0 bridgehead atoms. The molecule has 0 spiro atoms. The minimum Gasteiger partial charge on any atom is -0.493 e. The number of thiol groups is 1. The van der Waals surface area contributed by atoms with Gasteiger partial charge < -0.3 is 14.2 Å². The van der Waals surface area contributed by atoms with Crippen LogP contribution < -0.4 is 14.2 Å². The first-order valence-electron chi connectivity index (χ1n) is 3.44. The quantitative estimate of drug-likeness (QED) is 0.706. The summed E-state index contributed by atoms with van der Waals surface area (Å²) in [5.74, 6) is 1.40. The molecule has 0 amide bonds. The van der Waals surface area contributed by atoms with Crippen LogP contribution in [0.3, 0.4) is 0 Å². The van der Waals surface area contributed by atoms with Gasteiger partial charge in [0.1, 0.15) is 0 Å². The van der Waals surface area contributed by atoms with Gasteiger partial charge >= 0.3 is 0 Å². The lowest BCUT2D eigenvalue weighted by Crippen LogP contribution is -1.91. The van der Waals surface area contributed by atoms with Crippen LogP contribution in [0.5, 0.6) is 11.5 Å². The van der Waals surface area contributed by atoms with Crippen molar-refractivity contribution in [3.63, 3.8) is 0 Å². The Labute approximate surface area is 77.2 Å². The first kappa shape index (κ1) is 9.06. The highest BCUT2D eigenvalue weighted by atomic mass is 32.1. The fourth-order valence-electron chi connectivity index (χ4n) is 0.906. The van der Waals surface area contributed by atoms with Gasteiger partial charge in [-0.15, -0.1) is 0 Å². The zero-order valence-electron chi connectivity index (χ0n) is 7.00. The molecule has 1 N–H and O–H groups in total. The maximum atomic E-state index is 5.08. The maximum Gasteiger partial charge on any atom is 0.162 e. The van der Waals surface area contributed by atoms with Crippen LogP contribution in [0.25, 0.3) is 0 Å². The number of ether oxygens (including phenoxy) is 2. The fraction of sp³-hybridized carbons (Fsp3) is 0.250. The number of hydrogen-bond donors (Lipinski definition) is 2. The molecule has 0 atom stereocenters. The summed E-state index contributed by atoms with van der Waals surface area (Å²) < 4.78 is 12.8. The second-order valence-corrected chi connectivity index (χ2v) is 2.41. The van der Waals surface area contributed by atoms with Gasteiger partial charge in [-0.3, -0.25) is 0 Å². The normalized spacial score (nSPS) is 9.25. The van der Waals surface area contributed by atoms with Crippen molar-refractivity contribution in [1.29, 1.82) is 0 Å². The Morgan fingerprint density at radius 3 is 2.33 bits per heavy atom. The smallest absolute Gasteiger partial charge is 0.162 e. The molecule has 0 aliphatic heterocycles. The predicted octanol–water partition coefficient (Wildman–Crippen LogP) is 1.96. The van der Waals surface area contributed by atoms with Gasteiger partial charge in [-0.2, -0.15) is 0 Å². The number of benzene rings is 1. The molecular weight excluding hydrogens is 174 g/mol. The Kier molecular flexibility index (Phi) is 3.10. The van der Waals surface area contributed by atoms with Crippen molar-refractivity contribution in [2.24, 2.45) is 0 Å². The summed E-state index contributed by atoms with van der Waals surface area (Å²) in [6, 6.07) is 5.48. The second kappa shape index (κ2) is 4.11. The van der Waals surface area contributed by atoms with E-state index in [1.54, 1.807) is 14.2 Å². The van der Waals surface area contributed by atoms with Crippen molar-refractivity contribution in [1.82, 2.24) is 0 Å². The first-order valence-corrected chi connectivity index (χ1v) is 3.88. The number of hydrogen-bond acceptors (Lipinski definition) is 4. The van der Waals surface area contributed by atoms with E-state index in [-0.39, 0.29) is 0 Å². The lowest BCUT2D eigenvalue weighted by molar-refractivity contribution is 0.355. The number of methoxy groups -OCH3 is 2. The zero-order chi connectivity index (χ0) is 8.97. The van der Waals surface area contributed by atoms with Crippen molar-refractivity contribution in [3.8, 4) is 11.5 Å². The molecule has 66 valence electrons. The Bertz CT molecular complexity index is 265. The molecule has 0 aromatic heterocycles. The molecule has 0 radical (unpaired) electrons. The molecule has 12 heavy (non-hydrogen) atoms. The highest BCUT2D eigenvalue weighted by Crippen LogP contribution is 2.29. The van der Waals surface area contributed by atoms with E-state index < -0.39 is 0 Å². The molecule has 3 nitrogen and oxygen atoms in total. The minimum absolute atomic E-state index is 0.691. The SMILES string of the molecule is COc1ccc(NS)cc1OC. The molecule has 1 aromatic carbocycles. The van der Waals surface area contributed by atoms with Gasteiger partial charge in [0, 0.05) is 11.8 Å².